The molecular weight excluding hydrogens is 182 g/mol. The fourth-order valence-corrected chi connectivity index (χ4v) is 0.640. The van der Waals surface area contributed by atoms with Crippen LogP contribution in [0.4, 0.5) is 0 Å². The summed E-state index contributed by atoms with van der Waals surface area (Å²) < 4.78 is 9.05. The number of para-hydroxylation sites is 1. The van der Waals surface area contributed by atoms with Gasteiger partial charge in [0.05, 0.1) is 20.8 Å². The van der Waals surface area contributed by atoms with E-state index in [2.05, 4.69) is 4.74 Å². The lowest BCUT2D eigenvalue weighted by Gasteiger charge is -1.93. The van der Waals surface area contributed by atoms with Gasteiger partial charge in [-0.15, -0.1) is 0 Å². The van der Waals surface area contributed by atoms with E-state index in [0.717, 1.165) is 5.75 Å². The van der Waals surface area contributed by atoms with E-state index in [0.29, 0.717) is 0 Å². The van der Waals surface area contributed by atoms with Crippen LogP contribution in [0.2, 0.25) is 0 Å². The van der Waals surface area contributed by atoms with E-state index in [1.165, 1.54) is 7.11 Å². The summed E-state index contributed by atoms with van der Waals surface area (Å²) in [6.45, 7) is -0.0312. The van der Waals surface area contributed by atoms with E-state index in [9.17, 15) is 4.79 Å². The first-order valence-corrected chi connectivity index (χ1v) is 4.10. The van der Waals surface area contributed by atoms with Crippen LogP contribution in [0.5, 0.6) is 5.75 Å². The van der Waals surface area contributed by atoms with Crippen LogP contribution in [0.3, 0.4) is 0 Å². The first-order chi connectivity index (χ1) is 6.74. The summed E-state index contributed by atoms with van der Waals surface area (Å²) in [4.78, 5) is 9.83. The van der Waals surface area contributed by atoms with Crippen LogP contribution in [-0.2, 0) is 9.53 Å². The zero-order valence-electron chi connectivity index (χ0n) is 8.40. The molecule has 0 heterocycles. The third-order valence-electron chi connectivity index (χ3n) is 1.37. The van der Waals surface area contributed by atoms with Crippen LogP contribution >= 0.6 is 0 Å². The van der Waals surface area contributed by atoms with Crippen LogP contribution in [0, 0.1) is 0 Å². The molecule has 0 aromatic heterocycles. The molecule has 4 heteroatoms. The minimum Gasteiger partial charge on any atom is -0.497 e. The minimum atomic E-state index is -0.380. The number of rotatable bonds is 2. The van der Waals surface area contributed by atoms with E-state index in [4.69, 9.17) is 10.5 Å². The highest BCUT2D eigenvalue weighted by Gasteiger charge is 1.87. The molecule has 78 valence electrons. The highest BCUT2D eigenvalue weighted by Crippen LogP contribution is 2.05. The second-order valence-electron chi connectivity index (χ2n) is 2.30. The van der Waals surface area contributed by atoms with E-state index in [-0.39, 0.29) is 12.5 Å². The van der Waals surface area contributed by atoms with Gasteiger partial charge in [0.2, 0.25) is 0 Å². The van der Waals surface area contributed by atoms with Gasteiger partial charge in [-0.2, -0.15) is 0 Å². The second kappa shape index (κ2) is 8.07. The van der Waals surface area contributed by atoms with Crippen LogP contribution < -0.4 is 10.5 Å². The third kappa shape index (κ3) is 6.02. The smallest absolute Gasteiger partial charge is 0.319 e. The molecule has 0 amide bonds. The molecule has 14 heavy (non-hydrogen) atoms. The summed E-state index contributed by atoms with van der Waals surface area (Å²) in [7, 11) is 2.96. The molecule has 0 unspecified atom stereocenters. The SMILES string of the molecule is COC(=O)CN.COc1ccccc1. The number of hydrogen-bond donors (Lipinski definition) is 1. The van der Waals surface area contributed by atoms with Crippen molar-refractivity contribution in [2.45, 2.75) is 0 Å². The monoisotopic (exact) mass is 197 g/mol. The Bertz CT molecular complexity index is 243. The summed E-state index contributed by atoms with van der Waals surface area (Å²) in [5.41, 5.74) is 4.81. The Morgan fingerprint density at radius 3 is 2.07 bits per heavy atom. The van der Waals surface area contributed by atoms with Gasteiger partial charge in [-0.1, -0.05) is 18.2 Å². The minimum absolute atomic E-state index is 0.0312. The van der Waals surface area contributed by atoms with Gasteiger partial charge in [-0.25, -0.2) is 0 Å². The van der Waals surface area contributed by atoms with Gasteiger partial charge in [-0.05, 0) is 12.1 Å². The number of methoxy groups -OCH3 is 2. The molecule has 0 aliphatic rings. The van der Waals surface area contributed by atoms with Crippen molar-refractivity contribution in [1.29, 1.82) is 0 Å². The zero-order valence-corrected chi connectivity index (χ0v) is 8.40. The molecule has 0 saturated heterocycles. The van der Waals surface area contributed by atoms with Gasteiger partial charge in [0.25, 0.3) is 0 Å². The number of hydrogen-bond acceptors (Lipinski definition) is 4. The highest BCUT2D eigenvalue weighted by molar-refractivity contribution is 5.70. The lowest BCUT2D eigenvalue weighted by molar-refractivity contribution is -0.138. The fourth-order valence-electron chi connectivity index (χ4n) is 0.640. The third-order valence-corrected chi connectivity index (χ3v) is 1.37. The van der Waals surface area contributed by atoms with Gasteiger partial charge in [0, 0.05) is 0 Å². The highest BCUT2D eigenvalue weighted by atomic mass is 16.5. The van der Waals surface area contributed by atoms with Crippen molar-refractivity contribution in [3.63, 3.8) is 0 Å². The molecule has 0 aliphatic carbocycles. The van der Waals surface area contributed by atoms with Gasteiger partial charge < -0.3 is 15.2 Å². The molecule has 0 saturated carbocycles. The molecule has 0 spiro atoms. The van der Waals surface area contributed by atoms with Crippen molar-refractivity contribution in [2.24, 2.45) is 5.73 Å². The first kappa shape index (κ1) is 12.4. The summed E-state index contributed by atoms with van der Waals surface area (Å²) in [6, 6.07) is 9.68. The lowest BCUT2D eigenvalue weighted by atomic mass is 10.3. The van der Waals surface area contributed by atoms with Gasteiger partial charge in [-0.3, -0.25) is 4.79 Å². The Balaban J connectivity index is 0.000000255. The van der Waals surface area contributed by atoms with Crippen molar-refractivity contribution in [3.05, 3.63) is 30.3 Å². The molecule has 4 nitrogen and oxygen atoms in total. The predicted molar refractivity (Wildman–Crippen MR) is 54.1 cm³/mol. The Hall–Kier alpha value is -1.55. The average Bonchev–Trinajstić information content (AvgIpc) is 2.30. The van der Waals surface area contributed by atoms with E-state index < -0.39 is 0 Å². The summed E-state index contributed by atoms with van der Waals surface area (Å²) in [5.74, 6) is 0.530. The first-order valence-electron chi connectivity index (χ1n) is 4.10. The van der Waals surface area contributed by atoms with E-state index >= 15 is 0 Å². The zero-order chi connectivity index (χ0) is 10.8. The Labute approximate surface area is 83.6 Å². The van der Waals surface area contributed by atoms with Crippen LogP contribution in [-0.4, -0.2) is 26.7 Å². The molecule has 1 aromatic carbocycles. The van der Waals surface area contributed by atoms with Crippen molar-refractivity contribution in [1.82, 2.24) is 0 Å². The number of carbonyl (C=O) groups is 1. The summed E-state index contributed by atoms with van der Waals surface area (Å²) in [6.07, 6.45) is 0. The number of carbonyl (C=O) groups excluding carboxylic acids is 1. The van der Waals surface area contributed by atoms with Gasteiger partial charge >= 0.3 is 5.97 Å². The van der Waals surface area contributed by atoms with Crippen molar-refractivity contribution >= 4 is 5.97 Å². The molecule has 1 rings (SSSR count). The van der Waals surface area contributed by atoms with Gasteiger partial charge in [0.15, 0.2) is 0 Å². The molecule has 0 bridgehead atoms. The van der Waals surface area contributed by atoms with Crippen LogP contribution in [0.15, 0.2) is 30.3 Å². The average molecular weight is 197 g/mol. The maximum absolute atomic E-state index is 9.83. The number of benzene rings is 1. The normalized spacial score (nSPS) is 8.21. The molecule has 0 atom stereocenters. The topological polar surface area (TPSA) is 61.5 Å². The van der Waals surface area contributed by atoms with Crippen molar-refractivity contribution in [3.8, 4) is 5.75 Å². The maximum Gasteiger partial charge on any atom is 0.319 e. The number of ether oxygens (including phenoxy) is 2. The summed E-state index contributed by atoms with van der Waals surface area (Å²) >= 11 is 0. The molecule has 0 fully saturated rings. The number of esters is 1. The molecular formula is C10H15NO3. The molecule has 1 aromatic rings. The van der Waals surface area contributed by atoms with Crippen molar-refractivity contribution < 1.29 is 14.3 Å². The van der Waals surface area contributed by atoms with E-state index in [1.807, 2.05) is 30.3 Å². The summed E-state index contributed by atoms with van der Waals surface area (Å²) in [5, 5.41) is 0. The fraction of sp³-hybridized carbons (Fsp3) is 0.300. The van der Waals surface area contributed by atoms with Crippen molar-refractivity contribution in [2.75, 3.05) is 20.8 Å². The lowest BCUT2D eigenvalue weighted by Crippen LogP contribution is -2.14. The van der Waals surface area contributed by atoms with Gasteiger partial charge in [0.1, 0.15) is 5.75 Å². The molecule has 2 N–H and O–H groups in total. The molecule has 0 aliphatic heterocycles. The molecule has 0 radical (unpaired) electrons. The largest absolute Gasteiger partial charge is 0.497 e. The Kier molecular flexibility index (Phi) is 7.17. The number of nitrogens with two attached hydrogens (primary N) is 1. The van der Waals surface area contributed by atoms with Crippen LogP contribution in [0.1, 0.15) is 0 Å². The Morgan fingerprint density at radius 1 is 1.29 bits per heavy atom. The quantitative estimate of drug-likeness (QED) is 0.713. The Morgan fingerprint density at radius 2 is 1.86 bits per heavy atom. The van der Waals surface area contributed by atoms with E-state index in [1.54, 1.807) is 7.11 Å². The van der Waals surface area contributed by atoms with Crippen LogP contribution in [0.25, 0.3) is 0 Å². The maximum atomic E-state index is 9.83. The predicted octanol–water partition coefficient (Wildman–Crippen LogP) is 0.813. The second-order valence-corrected chi connectivity index (χ2v) is 2.30. The standard InChI is InChI=1S/C7H8O.C3H7NO2/c1-8-7-5-3-2-4-6-7;1-6-3(5)2-4/h2-6H,1H3;2,4H2,1H3.